The van der Waals surface area contributed by atoms with Crippen molar-refractivity contribution < 1.29 is 4.79 Å². The number of nitrogens with zero attached hydrogens (tertiary/aromatic N) is 2. The minimum atomic E-state index is -0.563. The van der Waals surface area contributed by atoms with Gasteiger partial charge >= 0.3 is 0 Å². The molecule has 132 valence electrons. The molecule has 3 aromatic rings. The van der Waals surface area contributed by atoms with Crippen LogP contribution in [0.25, 0.3) is 11.1 Å². The van der Waals surface area contributed by atoms with Gasteiger partial charge in [-0.05, 0) is 34.1 Å². The molecule has 0 saturated carbocycles. The number of nitrogens with one attached hydrogen (secondary N) is 1. The summed E-state index contributed by atoms with van der Waals surface area (Å²) in [4.78, 5) is 24.5. The molecule has 1 heterocycles. The van der Waals surface area contributed by atoms with Crippen molar-refractivity contribution in [2.45, 2.75) is 0 Å². The van der Waals surface area contributed by atoms with E-state index in [-0.39, 0.29) is 5.56 Å². The second kappa shape index (κ2) is 7.61. The summed E-state index contributed by atoms with van der Waals surface area (Å²) >= 11 is 16.2. The fourth-order valence-corrected chi connectivity index (χ4v) is 3.29. The highest BCUT2D eigenvalue weighted by molar-refractivity contribution is 9.10. The quantitative estimate of drug-likeness (QED) is 0.622. The molecule has 0 unspecified atom stereocenters. The number of rotatable bonds is 3. The van der Waals surface area contributed by atoms with Crippen LogP contribution in [0.5, 0.6) is 0 Å². The molecule has 0 radical (unpaired) electrons. The van der Waals surface area contributed by atoms with E-state index < -0.39 is 11.5 Å². The van der Waals surface area contributed by atoms with Crippen molar-refractivity contribution in [1.82, 2.24) is 9.78 Å². The van der Waals surface area contributed by atoms with Gasteiger partial charge in [-0.3, -0.25) is 9.59 Å². The maximum absolute atomic E-state index is 12.5. The Labute approximate surface area is 167 Å². The molecule has 8 heteroatoms. The van der Waals surface area contributed by atoms with E-state index in [1.165, 1.54) is 19.3 Å². The minimum Gasteiger partial charge on any atom is -0.320 e. The smallest absolute Gasteiger partial charge is 0.279 e. The Morgan fingerprint density at radius 2 is 1.73 bits per heavy atom. The number of benzene rings is 2. The van der Waals surface area contributed by atoms with Crippen molar-refractivity contribution in [2.75, 3.05) is 5.32 Å². The second-order valence-electron chi connectivity index (χ2n) is 5.40. The highest BCUT2D eigenvalue weighted by Gasteiger charge is 2.16. The molecular weight excluding hydrogens is 441 g/mol. The summed E-state index contributed by atoms with van der Waals surface area (Å²) in [6.45, 7) is 0. The Bertz CT molecular complexity index is 1070. The van der Waals surface area contributed by atoms with Gasteiger partial charge < -0.3 is 5.32 Å². The third-order valence-electron chi connectivity index (χ3n) is 3.74. The lowest BCUT2D eigenvalue weighted by molar-refractivity contribution is 0.102. The summed E-state index contributed by atoms with van der Waals surface area (Å²) in [7, 11) is 1.47. The average molecular weight is 453 g/mol. The first-order valence-corrected chi connectivity index (χ1v) is 9.01. The lowest BCUT2D eigenvalue weighted by Crippen LogP contribution is -2.28. The van der Waals surface area contributed by atoms with Crippen LogP contribution in [0.2, 0.25) is 10.0 Å². The topological polar surface area (TPSA) is 64.0 Å². The van der Waals surface area contributed by atoms with Crippen LogP contribution >= 0.6 is 39.1 Å². The van der Waals surface area contributed by atoms with Gasteiger partial charge in [0.2, 0.25) is 0 Å². The zero-order valence-corrected chi connectivity index (χ0v) is 16.6. The molecule has 0 spiro atoms. The lowest BCUT2D eigenvalue weighted by Gasteiger charge is -2.13. The van der Waals surface area contributed by atoms with E-state index in [9.17, 15) is 9.59 Å². The van der Waals surface area contributed by atoms with Crippen molar-refractivity contribution in [3.63, 3.8) is 0 Å². The zero-order valence-electron chi connectivity index (χ0n) is 13.5. The number of carbonyl (C=O) groups excluding carboxylic acids is 1. The molecule has 3 rings (SSSR count). The molecule has 2 aromatic carbocycles. The maximum Gasteiger partial charge on any atom is 0.279 e. The van der Waals surface area contributed by atoms with Crippen LogP contribution in [0.3, 0.4) is 0 Å². The molecule has 0 aliphatic carbocycles. The molecule has 1 aromatic heterocycles. The second-order valence-corrected chi connectivity index (χ2v) is 7.01. The SMILES string of the molecule is Cn1nccc(C(=O)Nc2cccc(-c3cccc(Br)c3Cl)c2Cl)c1=O. The average Bonchev–Trinajstić information content (AvgIpc) is 2.62. The van der Waals surface area contributed by atoms with Crippen molar-refractivity contribution >= 4 is 50.7 Å². The first kappa shape index (κ1) is 18.6. The van der Waals surface area contributed by atoms with Gasteiger partial charge in [-0.15, -0.1) is 0 Å². The highest BCUT2D eigenvalue weighted by Crippen LogP contribution is 2.39. The fraction of sp³-hybridized carbons (Fsp3) is 0.0556. The van der Waals surface area contributed by atoms with Crippen molar-refractivity contribution in [2.24, 2.45) is 7.05 Å². The number of anilines is 1. The largest absolute Gasteiger partial charge is 0.320 e. The molecule has 0 aliphatic rings. The first-order valence-electron chi connectivity index (χ1n) is 7.46. The molecule has 5 nitrogen and oxygen atoms in total. The number of hydrogen-bond acceptors (Lipinski definition) is 3. The predicted molar refractivity (Wildman–Crippen MR) is 107 cm³/mol. The molecule has 0 saturated heterocycles. The third kappa shape index (κ3) is 3.53. The lowest BCUT2D eigenvalue weighted by atomic mass is 10.0. The monoisotopic (exact) mass is 451 g/mol. The van der Waals surface area contributed by atoms with Gasteiger partial charge in [0.1, 0.15) is 5.56 Å². The van der Waals surface area contributed by atoms with Crippen molar-refractivity contribution in [3.05, 3.63) is 79.1 Å². The zero-order chi connectivity index (χ0) is 18.8. The van der Waals surface area contributed by atoms with Gasteiger partial charge in [0.25, 0.3) is 11.5 Å². The van der Waals surface area contributed by atoms with Crippen molar-refractivity contribution in [1.29, 1.82) is 0 Å². The number of aromatic nitrogens is 2. The van der Waals surface area contributed by atoms with E-state index in [0.717, 1.165) is 14.7 Å². The minimum absolute atomic E-state index is 0.0237. The number of hydrogen-bond donors (Lipinski definition) is 1. The molecule has 1 amide bonds. The van der Waals surface area contributed by atoms with Crippen LogP contribution in [0, 0.1) is 0 Å². The fourth-order valence-electron chi connectivity index (χ4n) is 2.42. The van der Waals surface area contributed by atoms with E-state index >= 15 is 0 Å². The normalized spacial score (nSPS) is 10.6. The van der Waals surface area contributed by atoms with Gasteiger partial charge in [-0.25, -0.2) is 4.68 Å². The number of aryl methyl sites for hydroxylation is 1. The number of halogens is 3. The van der Waals surface area contributed by atoms with Crippen LogP contribution in [0.4, 0.5) is 5.69 Å². The molecular formula is C18H12BrCl2N3O2. The molecule has 26 heavy (non-hydrogen) atoms. The van der Waals surface area contributed by atoms with Gasteiger partial charge in [0.15, 0.2) is 0 Å². The molecule has 0 bridgehead atoms. The summed E-state index contributed by atoms with van der Waals surface area (Å²) in [5.41, 5.74) is 1.25. The van der Waals surface area contributed by atoms with Crippen LogP contribution in [0.1, 0.15) is 10.4 Å². The Balaban J connectivity index is 2.00. The van der Waals surface area contributed by atoms with E-state index in [0.29, 0.717) is 21.3 Å². The standard InChI is InChI=1S/C18H12BrCl2N3O2/c1-24-18(26)12(8-9-22-24)17(25)23-14-7-3-5-11(16(14)21)10-4-2-6-13(19)15(10)20/h2-9H,1H3,(H,23,25). The van der Waals surface area contributed by atoms with E-state index in [2.05, 4.69) is 26.3 Å². The Hall–Kier alpha value is -2.15. The van der Waals surface area contributed by atoms with Gasteiger partial charge in [-0.2, -0.15) is 5.10 Å². The third-order valence-corrected chi connectivity index (χ3v) is 5.44. The van der Waals surface area contributed by atoms with Crippen LogP contribution < -0.4 is 10.9 Å². The molecule has 0 fully saturated rings. The molecule has 1 N–H and O–H groups in total. The van der Waals surface area contributed by atoms with Gasteiger partial charge in [0.05, 0.1) is 15.7 Å². The summed E-state index contributed by atoms with van der Waals surface area (Å²) in [5.74, 6) is -0.563. The first-order chi connectivity index (χ1) is 12.4. The summed E-state index contributed by atoms with van der Waals surface area (Å²) < 4.78 is 1.83. The van der Waals surface area contributed by atoms with Crippen LogP contribution in [-0.4, -0.2) is 15.7 Å². The highest BCUT2D eigenvalue weighted by atomic mass is 79.9. The van der Waals surface area contributed by atoms with E-state index in [1.54, 1.807) is 18.2 Å². The summed E-state index contributed by atoms with van der Waals surface area (Å²) in [6.07, 6.45) is 1.38. The number of carbonyl (C=O) groups is 1. The van der Waals surface area contributed by atoms with E-state index in [4.69, 9.17) is 23.2 Å². The predicted octanol–water partition coefficient (Wildman–Crippen LogP) is 4.77. The van der Waals surface area contributed by atoms with E-state index in [1.807, 2.05) is 18.2 Å². The Morgan fingerprint density at radius 3 is 2.46 bits per heavy atom. The summed E-state index contributed by atoms with van der Waals surface area (Å²) in [5, 5.41) is 7.31. The van der Waals surface area contributed by atoms with Gasteiger partial charge in [-0.1, -0.05) is 47.5 Å². The Morgan fingerprint density at radius 1 is 1.08 bits per heavy atom. The van der Waals surface area contributed by atoms with Crippen LogP contribution in [0.15, 0.2) is 57.9 Å². The summed E-state index contributed by atoms with van der Waals surface area (Å²) in [6, 6.07) is 12.1. The van der Waals surface area contributed by atoms with Crippen LogP contribution in [-0.2, 0) is 7.05 Å². The van der Waals surface area contributed by atoms with Crippen molar-refractivity contribution in [3.8, 4) is 11.1 Å². The molecule has 0 atom stereocenters. The van der Waals surface area contributed by atoms with Gasteiger partial charge in [0, 0.05) is 28.8 Å². The number of amides is 1. The Kier molecular flexibility index (Phi) is 5.46. The molecule has 0 aliphatic heterocycles. The maximum atomic E-state index is 12.5.